The summed E-state index contributed by atoms with van der Waals surface area (Å²) in [5.41, 5.74) is 2.96. The van der Waals surface area contributed by atoms with Gasteiger partial charge in [-0.05, 0) is 38.1 Å². The van der Waals surface area contributed by atoms with Crippen LogP contribution in [0, 0.1) is 0 Å². The molecule has 5 rings (SSSR count). The van der Waals surface area contributed by atoms with Crippen LogP contribution in [0.1, 0.15) is 29.4 Å². The molecule has 0 bridgehead atoms. The average molecular weight is 430 g/mol. The van der Waals surface area contributed by atoms with Crippen LogP contribution in [0.4, 0.5) is 5.69 Å². The molecule has 1 amide bonds. The number of aromatic nitrogens is 5. The molecule has 1 saturated heterocycles. The highest BCUT2D eigenvalue weighted by molar-refractivity contribution is 7.15. The van der Waals surface area contributed by atoms with Gasteiger partial charge in [0.15, 0.2) is 10.7 Å². The van der Waals surface area contributed by atoms with Gasteiger partial charge >= 0.3 is 0 Å². The zero-order valence-electron chi connectivity index (χ0n) is 15.5. The van der Waals surface area contributed by atoms with Crippen molar-refractivity contribution in [2.75, 3.05) is 18.4 Å². The summed E-state index contributed by atoms with van der Waals surface area (Å²) < 4.78 is 3.81. The molecule has 2 N–H and O–H groups in total. The lowest BCUT2D eigenvalue weighted by atomic mass is 10.1. The number of benzene rings is 1. The summed E-state index contributed by atoms with van der Waals surface area (Å²) in [5.74, 6) is -0.254. The topological polar surface area (TPSA) is 89.1 Å². The first-order valence-corrected chi connectivity index (χ1v) is 10.1. The first-order valence-electron chi connectivity index (χ1n) is 9.23. The van der Waals surface area contributed by atoms with Crippen LogP contribution in [-0.4, -0.2) is 43.4 Å². The molecule has 10 heteroatoms. The van der Waals surface area contributed by atoms with E-state index in [9.17, 15) is 4.79 Å². The average Bonchev–Trinajstić information content (AvgIpc) is 3.45. The molecule has 3 aromatic heterocycles. The molecular formula is C19H20ClN7OS. The molecule has 1 fully saturated rings. The van der Waals surface area contributed by atoms with Crippen molar-refractivity contribution in [1.29, 1.82) is 0 Å². The fourth-order valence-electron chi connectivity index (χ4n) is 3.42. The first kappa shape index (κ1) is 19.6. The standard InChI is InChI=1S/C19H19N7OS.ClH/c27-18(17-12-26(24-23-17)15-5-7-20-8-6-15)21-14-3-1-13(2-4-14)16-11-25-9-10-28-19(25)22-16;/h1-4,9-12,15,20H,5-8H2,(H,21,27);1H. The van der Waals surface area contributed by atoms with E-state index in [-0.39, 0.29) is 18.3 Å². The largest absolute Gasteiger partial charge is 0.321 e. The van der Waals surface area contributed by atoms with E-state index in [1.807, 2.05) is 51.1 Å². The van der Waals surface area contributed by atoms with E-state index < -0.39 is 0 Å². The number of carbonyl (C=O) groups excluding carboxylic acids is 1. The normalized spacial score (nSPS) is 14.6. The molecule has 1 aliphatic rings. The molecule has 0 spiro atoms. The van der Waals surface area contributed by atoms with Crippen molar-refractivity contribution in [2.24, 2.45) is 0 Å². The van der Waals surface area contributed by atoms with Crippen molar-refractivity contribution < 1.29 is 4.79 Å². The van der Waals surface area contributed by atoms with E-state index in [4.69, 9.17) is 0 Å². The Hall–Kier alpha value is -2.75. The van der Waals surface area contributed by atoms with Crippen LogP contribution in [-0.2, 0) is 0 Å². The maximum Gasteiger partial charge on any atom is 0.277 e. The van der Waals surface area contributed by atoms with Crippen LogP contribution < -0.4 is 10.6 Å². The van der Waals surface area contributed by atoms with Crippen LogP contribution in [0.3, 0.4) is 0 Å². The number of thiazole rings is 1. The number of anilines is 1. The van der Waals surface area contributed by atoms with E-state index in [1.54, 1.807) is 17.5 Å². The quantitative estimate of drug-likeness (QED) is 0.519. The zero-order valence-corrected chi connectivity index (χ0v) is 17.1. The summed E-state index contributed by atoms with van der Waals surface area (Å²) in [6.07, 6.45) is 7.72. The highest BCUT2D eigenvalue weighted by Gasteiger charge is 2.19. The lowest BCUT2D eigenvalue weighted by Crippen LogP contribution is -2.29. The Balaban J connectivity index is 0.00000205. The number of imidazole rings is 1. The number of nitrogens with one attached hydrogen (secondary N) is 2. The lowest BCUT2D eigenvalue weighted by molar-refractivity contribution is 0.102. The van der Waals surface area contributed by atoms with Gasteiger partial charge in [-0.1, -0.05) is 17.3 Å². The lowest BCUT2D eigenvalue weighted by Gasteiger charge is -2.22. The van der Waals surface area contributed by atoms with Gasteiger partial charge in [-0.25, -0.2) is 9.67 Å². The number of fused-ring (bicyclic) bond motifs is 1. The summed E-state index contributed by atoms with van der Waals surface area (Å²) in [6, 6.07) is 7.96. The number of hydrogen-bond donors (Lipinski definition) is 2. The Morgan fingerprint density at radius 3 is 2.72 bits per heavy atom. The number of piperidine rings is 1. The van der Waals surface area contributed by atoms with Gasteiger partial charge in [-0.3, -0.25) is 9.20 Å². The second-order valence-corrected chi connectivity index (χ2v) is 7.69. The fourth-order valence-corrected chi connectivity index (χ4v) is 4.12. The van der Waals surface area contributed by atoms with Gasteiger partial charge in [0.05, 0.1) is 17.9 Å². The molecule has 0 saturated carbocycles. The maximum absolute atomic E-state index is 12.5. The van der Waals surface area contributed by atoms with Crippen LogP contribution in [0.25, 0.3) is 16.2 Å². The Bertz CT molecular complexity index is 1080. The van der Waals surface area contributed by atoms with Crippen molar-refractivity contribution in [3.8, 4) is 11.3 Å². The van der Waals surface area contributed by atoms with Gasteiger partial charge in [-0.15, -0.1) is 28.8 Å². The third-order valence-corrected chi connectivity index (χ3v) is 5.73. The fraction of sp³-hybridized carbons (Fsp3) is 0.263. The van der Waals surface area contributed by atoms with Crippen LogP contribution >= 0.6 is 23.7 Å². The Kier molecular flexibility index (Phi) is 5.61. The molecule has 1 aliphatic heterocycles. The third-order valence-electron chi connectivity index (χ3n) is 4.96. The van der Waals surface area contributed by atoms with E-state index in [1.165, 1.54) is 0 Å². The maximum atomic E-state index is 12.5. The predicted octanol–water partition coefficient (Wildman–Crippen LogP) is 3.25. The van der Waals surface area contributed by atoms with Gasteiger partial charge < -0.3 is 10.6 Å². The van der Waals surface area contributed by atoms with Crippen LogP contribution in [0.5, 0.6) is 0 Å². The van der Waals surface area contributed by atoms with Gasteiger partial charge in [0.1, 0.15) is 0 Å². The zero-order chi connectivity index (χ0) is 18.9. The highest BCUT2D eigenvalue weighted by Crippen LogP contribution is 2.23. The molecular weight excluding hydrogens is 410 g/mol. The summed E-state index contributed by atoms with van der Waals surface area (Å²) in [6.45, 7) is 1.93. The van der Waals surface area contributed by atoms with Crippen molar-refractivity contribution in [3.05, 3.63) is 53.9 Å². The molecule has 4 heterocycles. The second-order valence-electron chi connectivity index (χ2n) is 6.82. The second kappa shape index (κ2) is 8.32. The van der Waals surface area contributed by atoms with Gasteiger partial charge in [0, 0.05) is 29.0 Å². The number of halogens is 1. The smallest absolute Gasteiger partial charge is 0.277 e. The Labute approximate surface area is 177 Å². The monoisotopic (exact) mass is 429 g/mol. The van der Waals surface area contributed by atoms with Crippen molar-refractivity contribution in [3.63, 3.8) is 0 Å². The number of carbonyl (C=O) groups is 1. The van der Waals surface area contributed by atoms with E-state index in [0.717, 1.165) is 42.1 Å². The van der Waals surface area contributed by atoms with Gasteiger partial charge in [0.25, 0.3) is 5.91 Å². The summed E-state index contributed by atoms with van der Waals surface area (Å²) in [7, 11) is 0. The van der Waals surface area contributed by atoms with Crippen molar-refractivity contribution in [1.82, 2.24) is 29.7 Å². The Morgan fingerprint density at radius 1 is 1.17 bits per heavy atom. The minimum atomic E-state index is -0.254. The molecule has 1 aromatic carbocycles. The number of nitrogens with zero attached hydrogens (tertiary/aromatic N) is 5. The van der Waals surface area contributed by atoms with Gasteiger partial charge in [0.2, 0.25) is 0 Å². The molecule has 0 unspecified atom stereocenters. The molecule has 4 aromatic rings. The summed E-state index contributed by atoms with van der Waals surface area (Å²) in [5, 5.41) is 16.4. The molecule has 0 radical (unpaired) electrons. The number of hydrogen-bond acceptors (Lipinski definition) is 6. The van der Waals surface area contributed by atoms with E-state index in [2.05, 4.69) is 25.9 Å². The third kappa shape index (κ3) is 4.02. The summed E-state index contributed by atoms with van der Waals surface area (Å²) in [4.78, 5) is 18.1. The predicted molar refractivity (Wildman–Crippen MR) is 115 cm³/mol. The Morgan fingerprint density at radius 2 is 1.97 bits per heavy atom. The van der Waals surface area contributed by atoms with Crippen molar-refractivity contribution in [2.45, 2.75) is 18.9 Å². The number of rotatable bonds is 4. The van der Waals surface area contributed by atoms with E-state index >= 15 is 0 Å². The minimum absolute atomic E-state index is 0. The highest BCUT2D eigenvalue weighted by atomic mass is 35.5. The first-order chi connectivity index (χ1) is 13.8. The van der Waals surface area contributed by atoms with Crippen LogP contribution in [0.2, 0.25) is 0 Å². The molecule has 0 atom stereocenters. The van der Waals surface area contributed by atoms with Gasteiger partial charge in [-0.2, -0.15) is 0 Å². The SMILES string of the molecule is Cl.O=C(Nc1ccc(-c2cn3ccsc3n2)cc1)c1cn(C2CCNCC2)nn1. The van der Waals surface area contributed by atoms with Crippen LogP contribution in [0.15, 0.2) is 48.2 Å². The molecule has 0 aliphatic carbocycles. The minimum Gasteiger partial charge on any atom is -0.321 e. The molecule has 29 heavy (non-hydrogen) atoms. The summed E-state index contributed by atoms with van der Waals surface area (Å²) >= 11 is 1.60. The molecule has 150 valence electrons. The number of amides is 1. The van der Waals surface area contributed by atoms with Crippen molar-refractivity contribution >= 4 is 40.3 Å². The molecule has 8 nitrogen and oxygen atoms in total. The van der Waals surface area contributed by atoms with E-state index in [0.29, 0.717) is 17.4 Å².